The molecule has 0 unspecified atom stereocenters. The third kappa shape index (κ3) is 4.57. The maximum Gasteiger partial charge on any atom is 0.280 e. The molecular formula is C29H25N3O2S. The fourth-order valence-electron chi connectivity index (χ4n) is 4.34. The summed E-state index contributed by atoms with van der Waals surface area (Å²) < 4.78 is 4.96. The molecule has 6 heteroatoms. The number of amides is 1. The van der Waals surface area contributed by atoms with Gasteiger partial charge in [-0.2, -0.15) is 0 Å². The van der Waals surface area contributed by atoms with Crippen molar-refractivity contribution in [3.63, 3.8) is 0 Å². The van der Waals surface area contributed by atoms with Gasteiger partial charge in [0.1, 0.15) is 5.69 Å². The van der Waals surface area contributed by atoms with Gasteiger partial charge in [-0.25, -0.2) is 4.98 Å². The van der Waals surface area contributed by atoms with Crippen LogP contribution < -0.4 is 4.72 Å². The Labute approximate surface area is 208 Å². The van der Waals surface area contributed by atoms with Crippen LogP contribution in [-0.4, -0.2) is 20.6 Å². The number of aryl methyl sites for hydroxylation is 2. The van der Waals surface area contributed by atoms with Crippen LogP contribution in [0.1, 0.15) is 44.6 Å². The first kappa shape index (κ1) is 22.9. The average molecular weight is 480 g/mol. The van der Waals surface area contributed by atoms with Crippen molar-refractivity contribution >= 4 is 44.8 Å². The van der Waals surface area contributed by atoms with Crippen LogP contribution in [-0.2, 0) is 13.0 Å². The molecule has 5 aromatic rings. The number of carbonyl (C=O) groups excluding carboxylic acids is 2. The van der Waals surface area contributed by atoms with Gasteiger partial charge in [0.2, 0.25) is 5.12 Å². The fourth-order valence-corrected chi connectivity index (χ4v) is 4.88. The molecule has 0 radical (unpaired) electrons. The lowest BCUT2D eigenvalue weighted by molar-refractivity contribution is 0.0973. The van der Waals surface area contributed by atoms with E-state index < -0.39 is 0 Å². The van der Waals surface area contributed by atoms with E-state index in [1.54, 1.807) is 24.3 Å². The van der Waals surface area contributed by atoms with Crippen molar-refractivity contribution in [3.8, 4) is 0 Å². The van der Waals surface area contributed by atoms with Crippen LogP contribution in [0.3, 0.4) is 0 Å². The molecule has 5 nitrogen and oxygen atoms in total. The smallest absolute Gasteiger partial charge is 0.280 e. The highest BCUT2D eigenvalue weighted by atomic mass is 32.2. The highest BCUT2D eigenvalue weighted by molar-refractivity contribution is 8.12. The Morgan fingerprint density at radius 1 is 0.914 bits per heavy atom. The van der Waals surface area contributed by atoms with E-state index >= 15 is 0 Å². The van der Waals surface area contributed by atoms with E-state index in [9.17, 15) is 9.59 Å². The van der Waals surface area contributed by atoms with Gasteiger partial charge in [-0.1, -0.05) is 85.3 Å². The molecule has 0 saturated heterocycles. The Kier molecular flexibility index (Phi) is 6.38. The van der Waals surface area contributed by atoms with Crippen LogP contribution in [0.25, 0.3) is 21.8 Å². The molecule has 0 saturated carbocycles. The van der Waals surface area contributed by atoms with Crippen LogP contribution in [0, 0.1) is 6.92 Å². The second-order valence-electron chi connectivity index (χ2n) is 8.48. The molecule has 0 aliphatic rings. The quantitative estimate of drug-likeness (QED) is 0.299. The third-order valence-electron chi connectivity index (χ3n) is 6.09. The van der Waals surface area contributed by atoms with Gasteiger partial charge in [-0.05, 0) is 31.0 Å². The summed E-state index contributed by atoms with van der Waals surface area (Å²) in [4.78, 5) is 30.1. The molecule has 3 aromatic carbocycles. The Morgan fingerprint density at radius 3 is 2.37 bits per heavy atom. The Hall–Kier alpha value is -3.90. The maximum absolute atomic E-state index is 13.0. The highest BCUT2D eigenvalue weighted by Gasteiger charge is 2.19. The molecule has 1 N–H and O–H groups in total. The van der Waals surface area contributed by atoms with E-state index in [2.05, 4.69) is 52.6 Å². The molecule has 2 aromatic heterocycles. The molecule has 1 amide bonds. The first-order chi connectivity index (χ1) is 17.0. The molecule has 35 heavy (non-hydrogen) atoms. The van der Waals surface area contributed by atoms with Crippen LogP contribution in [0.2, 0.25) is 0 Å². The van der Waals surface area contributed by atoms with Gasteiger partial charge >= 0.3 is 0 Å². The standard InChI is InChI=1S/C29H25N3O2S/c1-3-24-27-23(17-25(30-24)28(33)31-35-29(34)21-9-5-4-6-10-21)22-11-7-8-12-26(22)32(27)18-20-15-13-19(2)14-16-20/h4-17H,3,18H2,1-2H3,(H,31,33). The van der Waals surface area contributed by atoms with Gasteiger partial charge in [0, 0.05) is 40.3 Å². The van der Waals surface area contributed by atoms with Crippen LogP contribution in [0.5, 0.6) is 0 Å². The molecule has 0 aliphatic heterocycles. The number of pyridine rings is 1. The number of fused-ring (bicyclic) bond motifs is 3. The number of nitrogens with one attached hydrogen (secondary N) is 1. The lowest BCUT2D eigenvalue weighted by Crippen LogP contribution is -2.20. The van der Waals surface area contributed by atoms with Crippen LogP contribution in [0.4, 0.5) is 0 Å². The van der Waals surface area contributed by atoms with E-state index in [1.807, 2.05) is 31.2 Å². The first-order valence-corrected chi connectivity index (χ1v) is 12.4. The third-order valence-corrected chi connectivity index (χ3v) is 6.80. The van der Waals surface area contributed by atoms with Gasteiger partial charge in [0.25, 0.3) is 5.91 Å². The SMILES string of the molecule is CCc1nc(C(=O)NSC(=O)c2ccccc2)cc2c3ccccc3n(Cc3ccc(C)cc3)c12. The molecule has 0 atom stereocenters. The highest BCUT2D eigenvalue weighted by Crippen LogP contribution is 2.32. The van der Waals surface area contributed by atoms with E-state index in [-0.39, 0.29) is 11.0 Å². The normalized spacial score (nSPS) is 11.1. The van der Waals surface area contributed by atoms with Crippen molar-refractivity contribution in [1.29, 1.82) is 0 Å². The van der Waals surface area contributed by atoms with Crippen molar-refractivity contribution in [2.75, 3.05) is 0 Å². The van der Waals surface area contributed by atoms with E-state index in [0.29, 0.717) is 24.2 Å². The minimum Gasteiger partial charge on any atom is -0.334 e. The zero-order chi connectivity index (χ0) is 24.4. The van der Waals surface area contributed by atoms with Crippen LogP contribution >= 0.6 is 11.9 Å². The molecule has 0 spiro atoms. The summed E-state index contributed by atoms with van der Waals surface area (Å²) in [5.41, 5.74) is 6.28. The van der Waals surface area contributed by atoms with Gasteiger partial charge < -0.3 is 4.57 Å². The number of hydrogen-bond acceptors (Lipinski definition) is 4. The average Bonchev–Trinajstić information content (AvgIpc) is 3.21. The van der Waals surface area contributed by atoms with Gasteiger partial charge in [0.15, 0.2) is 0 Å². The largest absolute Gasteiger partial charge is 0.334 e. The summed E-state index contributed by atoms with van der Waals surface area (Å²) >= 11 is 0.779. The minimum absolute atomic E-state index is 0.217. The van der Waals surface area contributed by atoms with Gasteiger partial charge in [-0.15, -0.1) is 0 Å². The fraction of sp³-hybridized carbons (Fsp3) is 0.138. The molecule has 0 aliphatic carbocycles. The summed E-state index contributed by atoms with van der Waals surface area (Å²) in [5.74, 6) is -0.383. The summed E-state index contributed by atoms with van der Waals surface area (Å²) in [6.45, 7) is 4.85. The molecule has 174 valence electrons. The molecule has 5 rings (SSSR count). The molecule has 0 fully saturated rings. The number of benzene rings is 3. The Balaban J connectivity index is 1.53. The van der Waals surface area contributed by atoms with E-state index in [4.69, 9.17) is 4.98 Å². The lowest BCUT2D eigenvalue weighted by Gasteiger charge is -2.11. The monoisotopic (exact) mass is 479 g/mol. The number of carbonyl (C=O) groups is 2. The van der Waals surface area contributed by atoms with Crippen molar-refractivity contribution in [2.45, 2.75) is 26.8 Å². The zero-order valence-corrected chi connectivity index (χ0v) is 20.4. The number of nitrogens with zero attached hydrogens (tertiary/aromatic N) is 2. The zero-order valence-electron chi connectivity index (χ0n) is 19.6. The topological polar surface area (TPSA) is 64.0 Å². The number of hydrogen-bond donors (Lipinski definition) is 1. The number of rotatable bonds is 5. The molecule has 2 heterocycles. The number of aromatic nitrogens is 2. The Bertz CT molecular complexity index is 1540. The number of para-hydroxylation sites is 1. The first-order valence-electron chi connectivity index (χ1n) is 11.6. The summed E-state index contributed by atoms with van der Waals surface area (Å²) in [7, 11) is 0. The second kappa shape index (κ2) is 9.76. The van der Waals surface area contributed by atoms with Crippen molar-refractivity contribution in [2.24, 2.45) is 0 Å². The lowest BCUT2D eigenvalue weighted by atomic mass is 10.1. The van der Waals surface area contributed by atoms with E-state index in [0.717, 1.165) is 39.4 Å². The predicted octanol–water partition coefficient (Wildman–Crippen LogP) is 6.33. The predicted molar refractivity (Wildman–Crippen MR) is 143 cm³/mol. The summed E-state index contributed by atoms with van der Waals surface area (Å²) in [6.07, 6.45) is 0.679. The summed E-state index contributed by atoms with van der Waals surface area (Å²) in [6, 6.07) is 27.5. The summed E-state index contributed by atoms with van der Waals surface area (Å²) in [5, 5.41) is 1.85. The molecular weight excluding hydrogens is 454 g/mol. The van der Waals surface area contributed by atoms with Crippen molar-refractivity contribution in [1.82, 2.24) is 14.3 Å². The Morgan fingerprint density at radius 2 is 1.63 bits per heavy atom. The molecule has 0 bridgehead atoms. The van der Waals surface area contributed by atoms with Gasteiger partial charge in [-0.3, -0.25) is 14.3 Å². The maximum atomic E-state index is 13.0. The second-order valence-corrected chi connectivity index (χ2v) is 9.26. The van der Waals surface area contributed by atoms with Gasteiger partial charge in [0.05, 0.1) is 11.2 Å². The van der Waals surface area contributed by atoms with Crippen LogP contribution in [0.15, 0.2) is 84.9 Å². The van der Waals surface area contributed by atoms with Crippen molar-refractivity contribution in [3.05, 3.63) is 113 Å². The van der Waals surface area contributed by atoms with Crippen molar-refractivity contribution < 1.29 is 9.59 Å². The minimum atomic E-state index is -0.383. The van der Waals surface area contributed by atoms with E-state index in [1.165, 1.54) is 11.1 Å².